The van der Waals surface area contributed by atoms with E-state index in [1.54, 1.807) is 13.0 Å². The number of halogens is 1. The van der Waals surface area contributed by atoms with Crippen molar-refractivity contribution >= 4 is 5.69 Å². The number of benzene rings is 1. The van der Waals surface area contributed by atoms with Gasteiger partial charge in [-0.05, 0) is 24.1 Å². The summed E-state index contributed by atoms with van der Waals surface area (Å²) >= 11 is 0. The van der Waals surface area contributed by atoms with E-state index < -0.39 is 0 Å². The second-order valence-corrected chi connectivity index (χ2v) is 4.08. The molecule has 1 aliphatic heterocycles. The summed E-state index contributed by atoms with van der Waals surface area (Å²) in [5, 5.41) is 9.46. The molecule has 2 rings (SSSR count). The molecule has 0 fully saturated rings. The molecule has 0 spiro atoms. The Balaban J connectivity index is 2.56. The summed E-state index contributed by atoms with van der Waals surface area (Å²) in [6, 6.07) is 3.31. The number of aliphatic hydroxyl groups is 1. The molecule has 3 heteroatoms. The van der Waals surface area contributed by atoms with Gasteiger partial charge < -0.3 is 10.0 Å². The Labute approximate surface area is 88.6 Å². The van der Waals surface area contributed by atoms with Crippen molar-refractivity contribution in [2.24, 2.45) is 0 Å². The number of nitrogens with zero attached hydrogens (tertiary/aromatic N) is 1. The number of fused-ring (bicyclic) bond motifs is 1. The summed E-state index contributed by atoms with van der Waals surface area (Å²) in [4.78, 5) is 1.93. The molecule has 1 atom stereocenters. The Morgan fingerprint density at radius 2 is 2.27 bits per heavy atom. The van der Waals surface area contributed by atoms with E-state index in [0.717, 1.165) is 11.3 Å². The molecule has 80 valence electrons. The normalized spacial score (nSPS) is 19.1. The van der Waals surface area contributed by atoms with E-state index in [1.807, 2.05) is 11.9 Å². The van der Waals surface area contributed by atoms with Gasteiger partial charge in [0.05, 0.1) is 11.7 Å². The first-order valence-electron chi connectivity index (χ1n) is 4.89. The molecule has 0 aromatic heterocycles. The molecule has 0 radical (unpaired) electrons. The van der Waals surface area contributed by atoms with Gasteiger partial charge in [0.25, 0.3) is 0 Å². The zero-order chi connectivity index (χ0) is 11.2. The first kappa shape index (κ1) is 10.0. The van der Waals surface area contributed by atoms with Gasteiger partial charge in [-0.15, -0.1) is 0 Å². The fourth-order valence-electron chi connectivity index (χ4n) is 2.06. The third kappa shape index (κ3) is 1.48. The maximum absolute atomic E-state index is 13.4. The van der Waals surface area contributed by atoms with Crippen LogP contribution in [-0.2, 0) is 0 Å². The van der Waals surface area contributed by atoms with Crippen molar-refractivity contribution in [2.75, 3.05) is 18.5 Å². The van der Waals surface area contributed by atoms with Crippen molar-refractivity contribution in [2.45, 2.75) is 12.8 Å². The molecule has 0 saturated carbocycles. The van der Waals surface area contributed by atoms with E-state index in [2.05, 4.69) is 6.58 Å². The predicted molar refractivity (Wildman–Crippen MR) is 58.9 cm³/mol. The van der Waals surface area contributed by atoms with Crippen molar-refractivity contribution < 1.29 is 9.50 Å². The average molecular weight is 207 g/mol. The second-order valence-electron chi connectivity index (χ2n) is 4.08. The molecule has 1 unspecified atom stereocenters. The van der Waals surface area contributed by atoms with Crippen LogP contribution >= 0.6 is 0 Å². The predicted octanol–water partition coefficient (Wildman–Crippen LogP) is 2.74. The molecule has 0 saturated heterocycles. The zero-order valence-corrected chi connectivity index (χ0v) is 8.92. The molecule has 2 nitrogen and oxygen atoms in total. The Bertz CT molecular complexity index is 428. The maximum Gasteiger partial charge on any atom is 0.128 e. The lowest BCUT2D eigenvalue weighted by Crippen LogP contribution is -2.16. The van der Waals surface area contributed by atoms with Crippen LogP contribution in [0.5, 0.6) is 0 Å². The summed E-state index contributed by atoms with van der Waals surface area (Å²) < 4.78 is 13.4. The SMILES string of the molecule is C=C(O)C1CN(C)c2cc(F)c(C)cc21. The number of hydrogen-bond acceptors (Lipinski definition) is 2. The lowest BCUT2D eigenvalue weighted by Gasteiger charge is -2.12. The number of aliphatic hydroxyl groups excluding tert-OH is 1. The third-order valence-corrected chi connectivity index (χ3v) is 2.95. The molecule has 1 heterocycles. The Morgan fingerprint density at radius 3 is 2.87 bits per heavy atom. The average Bonchev–Trinajstić information content (AvgIpc) is 2.45. The van der Waals surface area contributed by atoms with Crippen molar-refractivity contribution in [3.05, 3.63) is 41.4 Å². The Morgan fingerprint density at radius 1 is 1.60 bits per heavy atom. The minimum atomic E-state index is -0.204. The largest absolute Gasteiger partial charge is 0.512 e. The van der Waals surface area contributed by atoms with Gasteiger partial charge in [-0.3, -0.25) is 0 Å². The molecule has 1 N–H and O–H groups in total. The van der Waals surface area contributed by atoms with E-state index in [-0.39, 0.29) is 17.5 Å². The molecule has 0 bridgehead atoms. The number of aryl methyl sites for hydroxylation is 1. The van der Waals surface area contributed by atoms with Gasteiger partial charge >= 0.3 is 0 Å². The van der Waals surface area contributed by atoms with E-state index in [4.69, 9.17) is 0 Å². The standard InChI is InChI=1S/C12H14FNO/c1-7-4-9-10(8(2)15)6-14(3)12(9)5-11(7)13/h4-5,10,15H,2,6H2,1,3H3. The van der Waals surface area contributed by atoms with Crippen LogP contribution in [0.4, 0.5) is 10.1 Å². The second kappa shape index (κ2) is 3.26. The number of hydrogen-bond donors (Lipinski definition) is 1. The van der Waals surface area contributed by atoms with E-state index in [0.29, 0.717) is 12.1 Å². The summed E-state index contributed by atoms with van der Waals surface area (Å²) in [5.41, 5.74) is 2.41. The highest BCUT2D eigenvalue weighted by Crippen LogP contribution is 2.39. The quantitative estimate of drug-likeness (QED) is 0.716. The van der Waals surface area contributed by atoms with Crippen molar-refractivity contribution in [3.8, 4) is 0 Å². The summed E-state index contributed by atoms with van der Waals surface area (Å²) in [7, 11) is 1.89. The first-order chi connectivity index (χ1) is 7.00. The van der Waals surface area contributed by atoms with Crippen LogP contribution in [0, 0.1) is 12.7 Å². The van der Waals surface area contributed by atoms with Crippen molar-refractivity contribution in [1.82, 2.24) is 0 Å². The van der Waals surface area contributed by atoms with Gasteiger partial charge in [-0.25, -0.2) is 4.39 Å². The molecule has 1 aromatic carbocycles. The smallest absolute Gasteiger partial charge is 0.128 e. The first-order valence-corrected chi connectivity index (χ1v) is 4.89. The molecular weight excluding hydrogens is 193 g/mol. The van der Waals surface area contributed by atoms with Crippen LogP contribution in [0.1, 0.15) is 17.0 Å². The van der Waals surface area contributed by atoms with Crippen LogP contribution < -0.4 is 4.90 Å². The fourth-order valence-corrected chi connectivity index (χ4v) is 2.06. The van der Waals surface area contributed by atoms with Gasteiger partial charge in [0.15, 0.2) is 0 Å². The zero-order valence-electron chi connectivity index (χ0n) is 8.92. The van der Waals surface area contributed by atoms with Crippen LogP contribution in [0.2, 0.25) is 0 Å². The number of anilines is 1. The highest BCUT2D eigenvalue weighted by Gasteiger charge is 2.29. The highest BCUT2D eigenvalue weighted by atomic mass is 19.1. The van der Waals surface area contributed by atoms with E-state index >= 15 is 0 Å². The molecule has 0 amide bonds. The van der Waals surface area contributed by atoms with Gasteiger partial charge in [0, 0.05) is 19.3 Å². The van der Waals surface area contributed by atoms with Crippen LogP contribution in [0.25, 0.3) is 0 Å². The van der Waals surface area contributed by atoms with Gasteiger partial charge in [0.1, 0.15) is 5.82 Å². The highest BCUT2D eigenvalue weighted by molar-refractivity contribution is 5.62. The minimum Gasteiger partial charge on any atom is -0.512 e. The third-order valence-electron chi connectivity index (χ3n) is 2.95. The summed E-state index contributed by atoms with van der Waals surface area (Å²) in [6.07, 6.45) is 0. The Kier molecular flexibility index (Phi) is 2.18. The lowest BCUT2D eigenvalue weighted by molar-refractivity contribution is 0.375. The van der Waals surface area contributed by atoms with Crippen LogP contribution in [0.15, 0.2) is 24.5 Å². The van der Waals surface area contributed by atoms with Crippen molar-refractivity contribution in [1.29, 1.82) is 0 Å². The summed E-state index contributed by atoms with van der Waals surface area (Å²) in [6.45, 7) is 5.95. The monoisotopic (exact) mass is 207 g/mol. The lowest BCUT2D eigenvalue weighted by atomic mass is 9.98. The minimum absolute atomic E-state index is 0.0932. The molecular formula is C12H14FNO. The van der Waals surface area contributed by atoms with Crippen molar-refractivity contribution in [3.63, 3.8) is 0 Å². The molecule has 0 aliphatic carbocycles. The fraction of sp³-hybridized carbons (Fsp3) is 0.333. The molecule has 15 heavy (non-hydrogen) atoms. The van der Waals surface area contributed by atoms with E-state index in [1.165, 1.54) is 6.07 Å². The van der Waals surface area contributed by atoms with Crippen LogP contribution in [0.3, 0.4) is 0 Å². The van der Waals surface area contributed by atoms with Gasteiger partial charge in [-0.1, -0.05) is 12.6 Å². The van der Waals surface area contributed by atoms with Gasteiger partial charge in [-0.2, -0.15) is 0 Å². The van der Waals surface area contributed by atoms with Crippen LogP contribution in [-0.4, -0.2) is 18.7 Å². The Hall–Kier alpha value is -1.51. The molecule has 1 aliphatic rings. The topological polar surface area (TPSA) is 23.5 Å². The number of rotatable bonds is 1. The van der Waals surface area contributed by atoms with Gasteiger partial charge in [0.2, 0.25) is 0 Å². The maximum atomic E-state index is 13.4. The number of likely N-dealkylation sites (N-methyl/N-ethyl adjacent to an activating group) is 1. The summed E-state index contributed by atoms with van der Waals surface area (Å²) in [5.74, 6) is -0.152. The molecule has 1 aromatic rings. The van der Waals surface area contributed by atoms with E-state index in [9.17, 15) is 9.50 Å².